The normalized spacial score (nSPS) is 27.0. The average molecular weight is 349 g/mol. The molecule has 0 unspecified atom stereocenters. The van der Waals surface area contributed by atoms with Crippen LogP contribution in [0.5, 0.6) is 0 Å². The minimum atomic E-state index is 0. The maximum Gasteiger partial charge on any atom is 0.0947 e. The van der Waals surface area contributed by atoms with Crippen molar-refractivity contribution in [3.63, 3.8) is 0 Å². The third-order valence-electron chi connectivity index (χ3n) is 1.71. The molecular formula is C6H12NReS2-. The van der Waals surface area contributed by atoms with Gasteiger partial charge in [0.15, 0.2) is 0 Å². The number of hydrogen-bond acceptors (Lipinski definition) is 3. The van der Waals surface area contributed by atoms with E-state index in [1.807, 2.05) is 0 Å². The largest absolute Gasteiger partial charge is 0.313 e. The maximum atomic E-state index is 4.22. The minimum Gasteiger partial charge on any atom is -0.313 e. The molecule has 1 heterocycles. The van der Waals surface area contributed by atoms with Crippen LogP contribution in [0.2, 0.25) is 0 Å². The van der Waals surface area contributed by atoms with Gasteiger partial charge in [0, 0.05) is 20.4 Å². The summed E-state index contributed by atoms with van der Waals surface area (Å²) in [6, 6.07) is 0.630. The maximum absolute atomic E-state index is 4.22. The zero-order valence-electron chi connectivity index (χ0n) is 5.87. The van der Waals surface area contributed by atoms with Gasteiger partial charge in [-0.2, -0.15) is 6.42 Å². The Morgan fingerprint density at radius 2 is 2.20 bits per heavy atom. The van der Waals surface area contributed by atoms with E-state index in [1.54, 1.807) is 0 Å². The molecule has 0 bridgehead atoms. The van der Waals surface area contributed by atoms with Crippen molar-refractivity contribution < 1.29 is 20.4 Å². The van der Waals surface area contributed by atoms with E-state index >= 15 is 0 Å². The van der Waals surface area contributed by atoms with Gasteiger partial charge in [-0.15, -0.1) is 31.8 Å². The van der Waals surface area contributed by atoms with Crippen LogP contribution in [-0.4, -0.2) is 22.2 Å². The SMILES string of the molecule is C[C@@H]1C[CH-]CN1C(S)S.[Re]. The molecule has 1 aliphatic heterocycles. The second-order valence-electron chi connectivity index (χ2n) is 2.42. The quantitative estimate of drug-likeness (QED) is 0.412. The predicted octanol–water partition coefficient (Wildman–Crippen LogP) is 1.43. The summed E-state index contributed by atoms with van der Waals surface area (Å²) in [5, 5.41) is 0. The van der Waals surface area contributed by atoms with Gasteiger partial charge in [-0.1, -0.05) is 6.92 Å². The number of nitrogens with zero attached hydrogens (tertiary/aromatic N) is 1. The summed E-state index contributed by atoms with van der Waals surface area (Å²) in [5.41, 5.74) is 0. The van der Waals surface area contributed by atoms with Crippen molar-refractivity contribution in [1.82, 2.24) is 4.90 Å². The molecule has 0 saturated carbocycles. The summed E-state index contributed by atoms with van der Waals surface area (Å²) in [6.45, 7) is 3.24. The summed E-state index contributed by atoms with van der Waals surface area (Å²) in [6.07, 6.45) is 3.45. The molecule has 0 N–H and O–H groups in total. The van der Waals surface area contributed by atoms with Crippen LogP contribution in [0, 0.1) is 6.42 Å². The summed E-state index contributed by atoms with van der Waals surface area (Å²) in [5.74, 6) is 0. The molecule has 0 amide bonds. The molecule has 1 nitrogen and oxygen atoms in total. The van der Waals surface area contributed by atoms with Crippen LogP contribution < -0.4 is 0 Å². The van der Waals surface area contributed by atoms with Gasteiger partial charge in [0.2, 0.25) is 0 Å². The molecular weight excluding hydrogens is 336 g/mol. The predicted molar refractivity (Wildman–Crippen MR) is 46.8 cm³/mol. The van der Waals surface area contributed by atoms with Crippen LogP contribution in [0.4, 0.5) is 0 Å². The summed E-state index contributed by atoms with van der Waals surface area (Å²) in [7, 11) is 0. The Morgan fingerprint density at radius 3 is 2.40 bits per heavy atom. The van der Waals surface area contributed by atoms with Crippen LogP contribution in [0.1, 0.15) is 13.3 Å². The molecule has 1 saturated heterocycles. The van der Waals surface area contributed by atoms with E-state index in [-0.39, 0.29) is 25.1 Å². The van der Waals surface area contributed by atoms with E-state index in [2.05, 4.69) is 43.5 Å². The Hall–Kier alpha value is 1.32. The summed E-state index contributed by atoms with van der Waals surface area (Å²) in [4.78, 5) is 2.24. The third kappa shape index (κ3) is 2.75. The van der Waals surface area contributed by atoms with E-state index in [0.29, 0.717) is 6.04 Å². The van der Waals surface area contributed by atoms with Crippen LogP contribution >= 0.6 is 25.3 Å². The molecule has 4 heteroatoms. The Kier molecular flexibility index (Phi) is 5.72. The smallest absolute Gasteiger partial charge is 0.0947 e. The first-order chi connectivity index (χ1) is 4.22. The Balaban J connectivity index is 0.000000810. The number of rotatable bonds is 1. The number of hydrogen-bond donors (Lipinski definition) is 2. The van der Waals surface area contributed by atoms with Gasteiger partial charge in [0.05, 0.1) is 4.71 Å². The number of thiol groups is 2. The van der Waals surface area contributed by atoms with Crippen LogP contribution in [-0.2, 0) is 20.4 Å². The fraction of sp³-hybridized carbons (Fsp3) is 0.833. The first kappa shape index (κ1) is 11.3. The van der Waals surface area contributed by atoms with Crippen molar-refractivity contribution in [2.45, 2.75) is 24.1 Å². The minimum absolute atomic E-state index is 0. The van der Waals surface area contributed by atoms with Crippen molar-refractivity contribution >= 4 is 25.3 Å². The van der Waals surface area contributed by atoms with Crippen molar-refractivity contribution in [2.75, 3.05) is 6.54 Å². The molecule has 0 aromatic heterocycles. The van der Waals surface area contributed by atoms with Crippen molar-refractivity contribution in [2.24, 2.45) is 0 Å². The molecule has 1 rings (SSSR count). The van der Waals surface area contributed by atoms with E-state index in [1.165, 1.54) is 6.42 Å². The average Bonchev–Trinajstić information content (AvgIpc) is 2.13. The Bertz CT molecular complexity index is 99.7. The Morgan fingerprint density at radius 1 is 1.60 bits per heavy atom. The van der Waals surface area contributed by atoms with Gasteiger partial charge in [-0.3, -0.25) is 0 Å². The molecule has 0 aromatic rings. The zero-order valence-corrected chi connectivity index (χ0v) is 10.4. The van der Waals surface area contributed by atoms with Crippen molar-refractivity contribution in [1.29, 1.82) is 0 Å². The standard InChI is InChI=1S/C6H12NS2.Re/c1-5-3-2-4-7(5)6(8)9;/h2,5-6,8-9H,3-4H2,1H3;/q-1;/t5-;/m1./s1. The molecule has 1 aliphatic rings. The second-order valence-corrected chi connectivity index (χ2v) is 3.80. The molecule has 61 valence electrons. The number of likely N-dealkylation sites (tertiary alicyclic amines) is 1. The third-order valence-corrected chi connectivity index (χ3v) is 2.30. The molecule has 10 heavy (non-hydrogen) atoms. The van der Waals surface area contributed by atoms with E-state index in [4.69, 9.17) is 0 Å². The first-order valence-corrected chi connectivity index (χ1v) is 4.18. The van der Waals surface area contributed by atoms with Gasteiger partial charge in [0.25, 0.3) is 0 Å². The molecule has 0 aromatic carbocycles. The van der Waals surface area contributed by atoms with Gasteiger partial charge in [0.1, 0.15) is 0 Å². The molecule has 0 aliphatic carbocycles. The summed E-state index contributed by atoms with van der Waals surface area (Å²) >= 11 is 8.45. The second kappa shape index (κ2) is 5.05. The molecule has 1 fully saturated rings. The monoisotopic (exact) mass is 349 g/mol. The van der Waals surface area contributed by atoms with Crippen molar-refractivity contribution in [3.8, 4) is 0 Å². The van der Waals surface area contributed by atoms with E-state index in [9.17, 15) is 0 Å². The molecule has 1 radical (unpaired) electrons. The molecule has 1 atom stereocenters. The van der Waals surface area contributed by atoms with Gasteiger partial charge < -0.3 is 11.3 Å². The van der Waals surface area contributed by atoms with Gasteiger partial charge in [-0.05, 0) is 6.04 Å². The zero-order chi connectivity index (χ0) is 6.85. The van der Waals surface area contributed by atoms with Gasteiger partial charge in [-0.25, -0.2) is 0 Å². The van der Waals surface area contributed by atoms with Crippen LogP contribution in [0.15, 0.2) is 0 Å². The van der Waals surface area contributed by atoms with E-state index in [0.717, 1.165) is 6.54 Å². The molecule has 0 spiro atoms. The first-order valence-electron chi connectivity index (χ1n) is 3.15. The van der Waals surface area contributed by atoms with Gasteiger partial charge >= 0.3 is 0 Å². The fourth-order valence-electron chi connectivity index (χ4n) is 1.10. The summed E-state index contributed by atoms with van der Waals surface area (Å²) < 4.78 is 0.110. The van der Waals surface area contributed by atoms with E-state index < -0.39 is 0 Å². The fourth-order valence-corrected chi connectivity index (χ4v) is 1.75. The van der Waals surface area contributed by atoms with Crippen LogP contribution in [0.3, 0.4) is 0 Å². The van der Waals surface area contributed by atoms with Crippen LogP contribution in [0.25, 0.3) is 0 Å². The topological polar surface area (TPSA) is 3.24 Å². The Labute approximate surface area is 87.4 Å². The van der Waals surface area contributed by atoms with Crippen molar-refractivity contribution in [3.05, 3.63) is 6.42 Å².